The molecule has 0 N–H and O–H groups in total. The summed E-state index contributed by atoms with van der Waals surface area (Å²) in [5.74, 6) is -0.668. The SMILES string of the molecule is O=C(Cn1c(=O)oc2cc(Cl)ccc21)N1CCN(C(c2ccccc2)c2ccc(Cl)cc2)CC1. The third-order valence-electron chi connectivity index (χ3n) is 6.26. The van der Waals surface area contributed by atoms with Crippen LogP contribution in [0.25, 0.3) is 11.1 Å². The first-order valence-electron chi connectivity index (χ1n) is 11.1. The van der Waals surface area contributed by atoms with Gasteiger partial charge in [-0.15, -0.1) is 0 Å². The van der Waals surface area contributed by atoms with Crippen LogP contribution in [0.2, 0.25) is 10.0 Å². The normalized spacial score (nSPS) is 15.5. The summed E-state index contributed by atoms with van der Waals surface area (Å²) in [4.78, 5) is 29.5. The number of oxazole rings is 1. The largest absolute Gasteiger partial charge is 0.420 e. The standard InChI is InChI=1S/C26H23Cl2N3O3/c27-20-8-6-19(7-9-20)25(18-4-2-1-3-5-18)30-14-12-29(13-15-30)24(32)17-31-22-11-10-21(28)16-23(22)34-26(31)33/h1-11,16,25H,12-15,17H2. The maximum absolute atomic E-state index is 13.0. The van der Waals surface area contributed by atoms with Gasteiger partial charge in [0, 0.05) is 42.3 Å². The number of hydrogen-bond acceptors (Lipinski definition) is 4. The second-order valence-electron chi connectivity index (χ2n) is 8.35. The number of nitrogens with zero attached hydrogens (tertiary/aromatic N) is 3. The average Bonchev–Trinajstić information content (AvgIpc) is 3.15. The third-order valence-corrected chi connectivity index (χ3v) is 6.74. The molecule has 0 aliphatic carbocycles. The molecular weight excluding hydrogens is 473 g/mol. The van der Waals surface area contributed by atoms with Gasteiger partial charge in [-0.2, -0.15) is 0 Å². The summed E-state index contributed by atoms with van der Waals surface area (Å²) in [5.41, 5.74) is 3.29. The number of carbonyl (C=O) groups excluding carboxylic acids is 1. The minimum Gasteiger partial charge on any atom is -0.408 e. The Morgan fingerprint density at radius 2 is 1.50 bits per heavy atom. The van der Waals surface area contributed by atoms with Crippen LogP contribution in [0.4, 0.5) is 0 Å². The number of piperazine rings is 1. The Hall–Kier alpha value is -3.06. The molecule has 1 unspecified atom stereocenters. The molecule has 3 aromatic carbocycles. The van der Waals surface area contributed by atoms with Gasteiger partial charge >= 0.3 is 5.76 Å². The summed E-state index contributed by atoms with van der Waals surface area (Å²) in [5, 5.41) is 1.18. The molecule has 0 saturated carbocycles. The highest BCUT2D eigenvalue weighted by Gasteiger charge is 2.28. The van der Waals surface area contributed by atoms with Crippen LogP contribution in [0.3, 0.4) is 0 Å². The molecule has 6 nitrogen and oxygen atoms in total. The van der Waals surface area contributed by atoms with Crippen molar-refractivity contribution in [3.8, 4) is 0 Å². The van der Waals surface area contributed by atoms with Crippen LogP contribution in [0.5, 0.6) is 0 Å². The molecule has 1 saturated heterocycles. The van der Waals surface area contributed by atoms with Crippen molar-refractivity contribution >= 4 is 40.2 Å². The molecule has 5 rings (SSSR count). The Balaban J connectivity index is 1.31. The van der Waals surface area contributed by atoms with Crippen LogP contribution in [0.15, 0.2) is 82.0 Å². The summed E-state index contributed by atoms with van der Waals surface area (Å²) in [6.45, 7) is 2.51. The maximum atomic E-state index is 13.0. The second kappa shape index (κ2) is 9.66. The first kappa shape index (κ1) is 22.7. The van der Waals surface area contributed by atoms with Gasteiger partial charge in [-0.25, -0.2) is 4.79 Å². The summed E-state index contributed by atoms with van der Waals surface area (Å²) in [7, 11) is 0. The number of benzene rings is 3. The monoisotopic (exact) mass is 495 g/mol. The first-order valence-corrected chi connectivity index (χ1v) is 11.9. The predicted molar refractivity (Wildman–Crippen MR) is 133 cm³/mol. The number of amides is 1. The number of halogens is 2. The summed E-state index contributed by atoms with van der Waals surface area (Å²) in [6.07, 6.45) is 0. The lowest BCUT2D eigenvalue weighted by atomic mass is 9.96. The smallest absolute Gasteiger partial charge is 0.408 e. The third kappa shape index (κ3) is 4.62. The minimum absolute atomic E-state index is 0.0627. The van der Waals surface area contributed by atoms with E-state index in [9.17, 15) is 9.59 Å². The van der Waals surface area contributed by atoms with Crippen molar-refractivity contribution in [2.24, 2.45) is 0 Å². The number of aromatic nitrogens is 1. The van der Waals surface area contributed by atoms with E-state index in [1.807, 2.05) is 35.2 Å². The van der Waals surface area contributed by atoms with E-state index in [4.69, 9.17) is 27.6 Å². The molecule has 1 atom stereocenters. The Kier molecular flexibility index (Phi) is 6.46. The molecule has 1 aliphatic rings. The van der Waals surface area contributed by atoms with E-state index in [0.29, 0.717) is 47.3 Å². The van der Waals surface area contributed by atoms with Crippen LogP contribution in [-0.2, 0) is 11.3 Å². The minimum atomic E-state index is -0.559. The van der Waals surface area contributed by atoms with Gasteiger partial charge in [-0.3, -0.25) is 14.3 Å². The number of hydrogen-bond donors (Lipinski definition) is 0. The van der Waals surface area contributed by atoms with Crippen LogP contribution >= 0.6 is 23.2 Å². The molecule has 1 aliphatic heterocycles. The highest BCUT2D eigenvalue weighted by atomic mass is 35.5. The molecular formula is C26H23Cl2N3O3. The molecule has 0 spiro atoms. The van der Waals surface area contributed by atoms with E-state index in [0.717, 1.165) is 5.56 Å². The Bertz CT molecular complexity index is 1360. The zero-order valence-corrected chi connectivity index (χ0v) is 19.9. The number of carbonyl (C=O) groups is 1. The van der Waals surface area contributed by atoms with E-state index in [2.05, 4.69) is 29.2 Å². The van der Waals surface area contributed by atoms with Crippen molar-refractivity contribution in [3.63, 3.8) is 0 Å². The molecule has 174 valence electrons. The molecule has 34 heavy (non-hydrogen) atoms. The number of fused-ring (bicyclic) bond motifs is 1. The molecule has 1 aromatic heterocycles. The van der Waals surface area contributed by atoms with Gasteiger partial charge in [0.15, 0.2) is 5.58 Å². The zero-order valence-electron chi connectivity index (χ0n) is 18.4. The van der Waals surface area contributed by atoms with Gasteiger partial charge < -0.3 is 9.32 Å². The predicted octanol–water partition coefficient (Wildman–Crippen LogP) is 4.84. The fourth-order valence-corrected chi connectivity index (χ4v) is 4.84. The summed E-state index contributed by atoms with van der Waals surface area (Å²) in [6, 6.07) is 23.3. The van der Waals surface area contributed by atoms with E-state index in [-0.39, 0.29) is 18.5 Å². The Morgan fingerprint density at radius 3 is 2.21 bits per heavy atom. The van der Waals surface area contributed by atoms with Crippen molar-refractivity contribution in [1.29, 1.82) is 0 Å². The Morgan fingerprint density at radius 1 is 0.853 bits per heavy atom. The maximum Gasteiger partial charge on any atom is 0.420 e. The Labute approximate surface area is 206 Å². The van der Waals surface area contributed by atoms with Gasteiger partial charge in [0.05, 0.1) is 11.6 Å². The van der Waals surface area contributed by atoms with E-state index in [1.54, 1.807) is 18.2 Å². The van der Waals surface area contributed by atoms with E-state index >= 15 is 0 Å². The molecule has 0 bridgehead atoms. The molecule has 4 aromatic rings. The molecule has 2 heterocycles. The molecule has 0 radical (unpaired) electrons. The fourth-order valence-electron chi connectivity index (χ4n) is 4.55. The van der Waals surface area contributed by atoms with Gasteiger partial charge in [0.2, 0.25) is 5.91 Å². The van der Waals surface area contributed by atoms with Crippen molar-refractivity contribution in [2.75, 3.05) is 26.2 Å². The molecule has 8 heteroatoms. The van der Waals surface area contributed by atoms with Crippen LogP contribution in [0.1, 0.15) is 17.2 Å². The van der Waals surface area contributed by atoms with Crippen molar-refractivity contribution < 1.29 is 9.21 Å². The average molecular weight is 496 g/mol. The van der Waals surface area contributed by atoms with Gasteiger partial charge in [-0.05, 0) is 35.4 Å². The van der Waals surface area contributed by atoms with Crippen molar-refractivity contribution in [1.82, 2.24) is 14.4 Å². The zero-order chi connectivity index (χ0) is 23.7. The molecule has 1 fully saturated rings. The lowest BCUT2D eigenvalue weighted by Crippen LogP contribution is -2.50. The van der Waals surface area contributed by atoms with E-state index < -0.39 is 5.76 Å². The lowest BCUT2D eigenvalue weighted by molar-refractivity contribution is -0.133. The van der Waals surface area contributed by atoms with Crippen LogP contribution in [0, 0.1) is 0 Å². The fraction of sp³-hybridized carbons (Fsp3) is 0.231. The quantitative estimate of drug-likeness (QED) is 0.397. The highest BCUT2D eigenvalue weighted by molar-refractivity contribution is 6.31. The topological polar surface area (TPSA) is 58.7 Å². The highest BCUT2D eigenvalue weighted by Crippen LogP contribution is 2.30. The second-order valence-corrected chi connectivity index (χ2v) is 9.22. The van der Waals surface area contributed by atoms with Gasteiger partial charge in [0.25, 0.3) is 0 Å². The van der Waals surface area contributed by atoms with Crippen LogP contribution < -0.4 is 5.76 Å². The van der Waals surface area contributed by atoms with Crippen molar-refractivity contribution in [3.05, 3.63) is 105 Å². The van der Waals surface area contributed by atoms with Crippen molar-refractivity contribution in [2.45, 2.75) is 12.6 Å². The van der Waals surface area contributed by atoms with Gasteiger partial charge in [-0.1, -0.05) is 65.7 Å². The van der Waals surface area contributed by atoms with E-state index in [1.165, 1.54) is 10.1 Å². The van der Waals surface area contributed by atoms with Gasteiger partial charge in [0.1, 0.15) is 6.54 Å². The summed E-state index contributed by atoms with van der Waals surface area (Å²) >= 11 is 12.1. The summed E-state index contributed by atoms with van der Waals surface area (Å²) < 4.78 is 6.62. The van der Waals surface area contributed by atoms with Crippen LogP contribution in [-0.4, -0.2) is 46.5 Å². The molecule has 1 amide bonds. The first-order chi connectivity index (χ1) is 16.5. The lowest BCUT2D eigenvalue weighted by Gasteiger charge is -2.39. The number of rotatable bonds is 5.